The predicted octanol–water partition coefficient (Wildman–Crippen LogP) is 1.31. The average Bonchev–Trinajstić information content (AvgIpc) is 2.39. The molecule has 0 atom stereocenters. The van der Waals surface area contributed by atoms with Crippen LogP contribution in [0.3, 0.4) is 0 Å². The summed E-state index contributed by atoms with van der Waals surface area (Å²) in [5.41, 5.74) is 0. The summed E-state index contributed by atoms with van der Waals surface area (Å²) in [6, 6.07) is -0.00324. The predicted molar refractivity (Wildman–Crippen MR) is 36.4 cm³/mol. The van der Waals surface area contributed by atoms with Gasteiger partial charge in [0.25, 0.3) is 5.91 Å². The molecular formula is C7H11F2NO. The van der Waals surface area contributed by atoms with Gasteiger partial charge in [-0.2, -0.15) is 8.78 Å². The number of carbonyl (C=O) groups excluding carboxylic acids is 1. The van der Waals surface area contributed by atoms with Gasteiger partial charge in [0.2, 0.25) is 0 Å². The summed E-state index contributed by atoms with van der Waals surface area (Å²) in [7, 11) is 0. The monoisotopic (exact) mass is 163 g/mol. The van der Waals surface area contributed by atoms with Gasteiger partial charge in [0, 0.05) is 6.04 Å². The van der Waals surface area contributed by atoms with Crippen molar-refractivity contribution < 1.29 is 13.6 Å². The fourth-order valence-corrected chi connectivity index (χ4v) is 1.33. The van der Waals surface area contributed by atoms with E-state index < -0.39 is 12.3 Å². The summed E-state index contributed by atoms with van der Waals surface area (Å²) >= 11 is 0. The molecule has 0 aromatic rings. The van der Waals surface area contributed by atoms with Crippen LogP contribution in [-0.4, -0.2) is 18.4 Å². The number of hydrogen-bond donors (Lipinski definition) is 1. The summed E-state index contributed by atoms with van der Waals surface area (Å²) in [4.78, 5) is 10.4. The molecule has 0 bridgehead atoms. The van der Waals surface area contributed by atoms with Crippen LogP contribution in [0, 0.1) is 0 Å². The Morgan fingerprint density at radius 1 is 1.36 bits per heavy atom. The first-order valence-electron chi connectivity index (χ1n) is 3.78. The quantitative estimate of drug-likeness (QED) is 0.653. The Bertz CT molecular complexity index is 143. The molecule has 1 amide bonds. The lowest BCUT2D eigenvalue weighted by Gasteiger charge is -2.10. The van der Waals surface area contributed by atoms with E-state index in [4.69, 9.17) is 0 Å². The van der Waals surface area contributed by atoms with Gasteiger partial charge in [-0.3, -0.25) is 4.79 Å². The Morgan fingerprint density at radius 2 is 1.91 bits per heavy atom. The molecule has 1 aliphatic rings. The van der Waals surface area contributed by atoms with E-state index in [1.807, 2.05) is 0 Å². The lowest BCUT2D eigenvalue weighted by atomic mass is 10.2. The van der Waals surface area contributed by atoms with Crippen LogP contribution in [0.2, 0.25) is 0 Å². The molecule has 1 N–H and O–H groups in total. The van der Waals surface area contributed by atoms with Gasteiger partial charge in [0.1, 0.15) is 0 Å². The molecule has 0 heterocycles. The fourth-order valence-electron chi connectivity index (χ4n) is 1.33. The number of alkyl halides is 2. The number of hydrogen-bond acceptors (Lipinski definition) is 1. The van der Waals surface area contributed by atoms with Crippen molar-refractivity contribution in [2.75, 3.05) is 0 Å². The maximum absolute atomic E-state index is 11.7. The summed E-state index contributed by atoms with van der Waals surface area (Å²) < 4.78 is 23.3. The molecule has 0 aliphatic heterocycles. The van der Waals surface area contributed by atoms with Gasteiger partial charge in [-0.1, -0.05) is 12.8 Å². The molecule has 0 saturated heterocycles. The molecule has 1 rings (SSSR count). The zero-order valence-electron chi connectivity index (χ0n) is 6.15. The number of amides is 1. The van der Waals surface area contributed by atoms with E-state index in [1.165, 1.54) is 0 Å². The summed E-state index contributed by atoms with van der Waals surface area (Å²) in [5, 5.41) is 2.29. The van der Waals surface area contributed by atoms with Crippen LogP contribution in [0.15, 0.2) is 0 Å². The Hall–Kier alpha value is -0.670. The molecule has 11 heavy (non-hydrogen) atoms. The Labute approximate surface area is 64.0 Å². The van der Waals surface area contributed by atoms with Crippen molar-refractivity contribution in [1.29, 1.82) is 0 Å². The second-order valence-electron chi connectivity index (χ2n) is 2.79. The number of halogens is 2. The lowest BCUT2D eigenvalue weighted by Crippen LogP contribution is -2.36. The van der Waals surface area contributed by atoms with Gasteiger partial charge >= 0.3 is 6.43 Å². The lowest BCUT2D eigenvalue weighted by molar-refractivity contribution is -0.132. The highest BCUT2D eigenvalue weighted by Crippen LogP contribution is 2.17. The molecule has 4 heteroatoms. The number of carbonyl (C=O) groups is 1. The van der Waals surface area contributed by atoms with Crippen LogP contribution in [-0.2, 0) is 4.79 Å². The Balaban J connectivity index is 2.24. The largest absolute Gasteiger partial charge is 0.348 e. The number of nitrogens with one attached hydrogen (secondary N) is 1. The van der Waals surface area contributed by atoms with Crippen molar-refractivity contribution in [1.82, 2.24) is 5.32 Å². The van der Waals surface area contributed by atoms with E-state index in [9.17, 15) is 13.6 Å². The van der Waals surface area contributed by atoms with Crippen molar-refractivity contribution in [3.8, 4) is 0 Å². The highest BCUT2D eigenvalue weighted by atomic mass is 19.3. The van der Waals surface area contributed by atoms with Gasteiger partial charge in [0.15, 0.2) is 0 Å². The van der Waals surface area contributed by atoms with Crippen molar-refractivity contribution in [3.05, 3.63) is 0 Å². The van der Waals surface area contributed by atoms with E-state index in [0.29, 0.717) is 0 Å². The van der Waals surface area contributed by atoms with Crippen molar-refractivity contribution in [2.24, 2.45) is 0 Å². The smallest absolute Gasteiger partial charge is 0.315 e. The Kier molecular flexibility index (Phi) is 2.79. The third kappa shape index (κ3) is 2.44. The van der Waals surface area contributed by atoms with Gasteiger partial charge in [0.05, 0.1) is 0 Å². The molecule has 0 spiro atoms. The van der Waals surface area contributed by atoms with Crippen LogP contribution < -0.4 is 5.32 Å². The average molecular weight is 163 g/mol. The molecule has 2 nitrogen and oxygen atoms in total. The molecule has 0 aromatic carbocycles. The molecule has 0 radical (unpaired) electrons. The van der Waals surface area contributed by atoms with Crippen LogP contribution in [0.5, 0.6) is 0 Å². The maximum Gasteiger partial charge on any atom is 0.315 e. The van der Waals surface area contributed by atoms with Gasteiger partial charge < -0.3 is 5.32 Å². The molecule has 0 aromatic heterocycles. The molecular weight excluding hydrogens is 152 g/mol. The standard InChI is InChI=1S/C7H11F2NO/c8-6(9)7(11)10-5-3-1-2-4-5/h5-6H,1-4H2,(H,10,11). The van der Waals surface area contributed by atoms with Gasteiger partial charge in [-0.15, -0.1) is 0 Å². The SMILES string of the molecule is O=C(NC1CCCC1)C(F)F. The minimum Gasteiger partial charge on any atom is -0.348 e. The second kappa shape index (κ2) is 3.64. The van der Waals surface area contributed by atoms with Crippen LogP contribution >= 0.6 is 0 Å². The van der Waals surface area contributed by atoms with Crippen molar-refractivity contribution >= 4 is 5.91 Å². The molecule has 0 unspecified atom stereocenters. The fraction of sp³-hybridized carbons (Fsp3) is 0.857. The van der Waals surface area contributed by atoms with Gasteiger partial charge in [-0.25, -0.2) is 0 Å². The number of rotatable bonds is 2. The normalized spacial score (nSPS) is 19.2. The van der Waals surface area contributed by atoms with E-state index in [-0.39, 0.29) is 6.04 Å². The maximum atomic E-state index is 11.7. The molecule has 1 fully saturated rings. The topological polar surface area (TPSA) is 29.1 Å². The zero-order chi connectivity index (χ0) is 8.27. The highest BCUT2D eigenvalue weighted by Gasteiger charge is 2.21. The summed E-state index contributed by atoms with van der Waals surface area (Å²) in [6.07, 6.45) is 0.898. The second-order valence-corrected chi connectivity index (χ2v) is 2.79. The van der Waals surface area contributed by atoms with Crippen LogP contribution in [0.4, 0.5) is 8.78 Å². The highest BCUT2D eigenvalue weighted by molar-refractivity contribution is 5.79. The van der Waals surface area contributed by atoms with E-state index in [1.54, 1.807) is 0 Å². The molecule has 64 valence electrons. The third-order valence-corrected chi connectivity index (χ3v) is 1.90. The van der Waals surface area contributed by atoms with Crippen LogP contribution in [0.1, 0.15) is 25.7 Å². The van der Waals surface area contributed by atoms with Crippen molar-refractivity contribution in [3.63, 3.8) is 0 Å². The molecule has 1 aliphatic carbocycles. The summed E-state index contributed by atoms with van der Waals surface area (Å²) in [5.74, 6) is -1.13. The minimum atomic E-state index is -2.87. The third-order valence-electron chi connectivity index (χ3n) is 1.90. The summed E-state index contributed by atoms with van der Waals surface area (Å²) in [6.45, 7) is 0. The first-order valence-corrected chi connectivity index (χ1v) is 3.78. The zero-order valence-corrected chi connectivity index (χ0v) is 6.15. The first-order chi connectivity index (χ1) is 5.20. The van der Waals surface area contributed by atoms with E-state index in [2.05, 4.69) is 5.32 Å². The van der Waals surface area contributed by atoms with E-state index in [0.717, 1.165) is 25.7 Å². The van der Waals surface area contributed by atoms with E-state index >= 15 is 0 Å². The Morgan fingerprint density at radius 3 is 2.36 bits per heavy atom. The minimum absolute atomic E-state index is 0.00324. The van der Waals surface area contributed by atoms with Crippen molar-refractivity contribution in [2.45, 2.75) is 38.2 Å². The van der Waals surface area contributed by atoms with Crippen LogP contribution in [0.25, 0.3) is 0 Å². The first kappa shape index (κ1) is 8.43. The van der Waals surface area contributed by atoms with Gasteiger partial charge in [-0.05, 0) is 12.8 Å². The molecule has 1 saturated carbocycles.